The lowest BCUT2D eigenvalue weighted by Crippen LogP contribution is -2.35. The molecular formula is C26H33N3O2S. The van der Waals surface area contributed by atoms with E-state index in [4.69, 9.17) is 10.8 Å². The lowest BCUT2D eigenvalue weighted by molar-refractivity contribution is -0.117. The van der Waals surface area contributed by atoms with E-state index in [9.17, 15) is 4.79 Å². The summed E-state index contributed by atoms with van der Waals surface area (Å²) >= 11 is 1.61. The number of nitrogens with two attached hydrogens (primary N) is 1. The van der Waals surface area contributed by atoms with Crippen molar-refractivity contribution in [1.82, 2.24) is 4.90 Å². The monoisotopic (exact) mass is 451 g/mol. The Balaban J connectivity index is 1.97. The maximum Gasteiger partial charge on any atom is 0.238 e. The van der Waals surface area contributed by atoms with E-state index >= 15 is 0 Å². The molecule has 2 aromatic carbocycles. The van der Waals surface area contributed by atoms with Gasteiger partial charge < -0.3 is 16.2 Å². The number of hydrogen-bond acceptors (Lipinski definition) is 5. The SMILES string of the molecule is CCN(CCO)CC(=O)Nc1cccc(-c2c(N)sc(-c3ccccc3)c2C(C)(C)C)c1. The molecule has 1 heterocycles. The van der Waals surface area contributed by atoms with Crippen molar-refractivity contribution < 1.29 is 9.90 Å². The fourth-order valence-electron chi connectivity index (χ4n) is 3.89. The first-order chi connectivity index (χ1) is 15.2. The van der Waals surface area contributed by atoms with E-state index in [1.807, 2.05) is 54.3 Å². The minimum Gasteiger partial charge on any atom is -0.395 e. The van der Waals surface area contributed by atoms with Gasteiger partial charge in [-0.25, -0.2) is 0 Å². The van der Waals surface area contributed by atoms with E-state index in [1.54, 1.807) is 11.3 Å². The van der Waals surface area contributed by atoms with Crippen molar-refractivity contribution in [2.24, 2.45) is 0 Å². The third kappa shape index (κ3) is 5.57. The summed E-state index contributed by atoms with van der Waals surface area (Å²) in [7, 11) is 0. The molecule has 0 aliphatic carbocycles. The first kappa shape index (κ1) is 24.0. The Bertz CT molecular complexity index is 1050. The van der Waals surface area contributed by atoms with Gasteiger partial charge in [-0.1, -0.05) is 70.2 Å². The number of nitrogens with zero attached hydrogens (tertiary/aromatic N) is 1. The number of likely N-dealkylation sites (N-methyl/N-ethyl adjacent to an activating group) is 1. The number of amides is 1. The van der Waals surface area contributed by atoms with Crippen LogP contribution in [0.3, 0.4) is 0 Å². The predicted molar refractivity (Wildman–Crippen MR) is 136 cm³/mol. The number of nitrogens with one attached hydrogen (secondary N) is 1. The molecule has 0 unspecified atom stereocenters. The van der Waals surface area contributed by atoms with Crippen molar-refractivity contribution in [2.45, 2.75) is 33.1 Å². The van der Waals surface area contributed by atoms with Crippen molar-refractivity contribution in [2.75, 3.05) is 37.3 Å². The van der Waals surface area contributed by atoms with Crippen LogP contribution in [-0.4, -0.2) is 42.2 Å². The minimum absolute atomic E-state index is 0.0351. The molecule has 0 aliphatic heterocycles. The number of anilines is 2. The standard InChI is InChI=1S/C26H33N3O2S/c1-5-29(14-15-30)17-21(31)28-20-13-9-12-19(16-20)22-23(26(2,3)4)24(32-25(22)27)18-10-7-6-8-11-18/h6-13,16,30H,5,14-15,17,27H2,1-4H3,(H,28,31). The number of aliphatic hydroxyl groups is 1. The number of carbonyl (C=O) groups excluding carboxylic acids is 1. The van der Waals surface area contributed by atoms with Crippen molar-refractivity contribution >= 4 is 27.9 Å². The Hall–Kier alpha value is -2.67. The highest BCUT2D eigenvalue weighted by molar-refractivity contribution is 7.20. The molecule has 0 atom stereocenters. The molecule has 3 rings (SSSR count). The molecule has 0 spiro atoms. The Labute approximate surface area is 194 Å². The fourth-order valence-corrected chi connectivity index (χ4v) is 5.20. The van der Waals surface area contributed by atoms with Gasteiger partial charge in [0.1, 0.15) is 0 Å². The summed E-state index contributed by atoms with van der Waals surface area (Å²) in [6, 6.07) is 18.2. The zero-order chi connectivity index (χ0) is 23.3. The van der Waals surface area contributed by atoms with Crippen molar-refractivity contribution in [3.05, 3.63) is 60.2 Å². The molecule has 6 heteroatoms. The van der Waals surface area contributed by atoms with Crippen LogP contribution in [0.5, 0.6) is 0 Å². The smallest absolute Gasteiger partial charge is 0.238 e. The number of benzene rings is 2. The summed E-state index contributed by atoms with van der Waals surface area (Å²) in [6.07, 6.45) is 0. The molecule has 4 N–H and O–H groups in total. The minimum atomic E-state index is -0.111. The Morgan fingerprint density at radius 3 is 2.41 bits per heavy atom. The fraction of sp³-hybridized carbons (Fsp3) is 0.346. The summed E-state index contributed by atoms with van der Waals surface area (Å²) in [4.78, 5) is 15.6. The summed E-state index contributed by atoms with van der Waals surface area (Å²) in [5.74, 6) is -0.100. The van der Waals surface area contributed by atoms with Crippen LogP contribution < -0.4 is 11.1 Å². The first-order valence-electron chi connectivity index (χ1n) is 11.0. The quantitative estimate of drug-likeness (QED) is 0.439. The zero-order valence-corrected chi connectivity index (χ0v) is 20.1. The van der Waals surface area contributed by atoms with E-state index < -0.39 is 0 Å². The number of thiophene rings is 1. The predicted octanol–water partition coefficient (Wildman–Crippen LogP) is 5.21. The largest absolute Gasteiger partial charge is 0.395 e. The molecule has 0 saturated carbocycles. The van der Waals surface area contributed by atoms with Gasteiger partial charge in [-0.3, -0.25) is 9.69 Å². The second kappa shape index (κ2) is 10.3. The van der Waals surface area contributed by atoms with Crippen LogP contribution in [0.15, 0.2) is 54.6 Å². The van der Waals surface area contributed by atoms with Crippen molar-refractivity contribution in [3.63, 3.8) is 0 Å². The van der Waals surface area contributed by atoms with Gasteiger partial charge >= 0.3 is 0 Å². The third-order valence-electron chi connectivity index (χ3n) is 5.39. The van der Waals surface area contributed by atoms with Crippen molar-refractivity contribution in [1.29, 1.82) is 0 Å². The van der Waals surface area contributed by atoms with Gasteiger partial charge in [-0.15, -0.1) is 11.3 Å². The van der Waals surface area contributed by atoms with Crippen LogP contribution in [0.25, 0.3) is 21.6 Å². The molecule has 0 saturated heterocycles. The van der Waals surface area contributed by atoms with Gasteiger partial charge in [-0.2, -0.15) is 0 Å². The topological polar surface area (TPSA) is 78.6 Å². The van der Waals surface area contributed by atoms with Crippen LogP contribution in [0.1, 0.15) is 33.3 Å². The average Bonchev–Trinajstić information content (AvgIpc) is 3.12. The van der Waals surface area contributed by atoms with Crippen LogP contribution in [-0.2, 0) is 10.2 Å². The lowest BCUT2D eigenvalue weighted by atomic mass is 9.81. The number of nitrogen functional groups attached to an aromatic ring is 1. The van der Waals surface area contributed by atoms with Gasteiger partial charge in [-0.05, 0) is 40.8 Å². The Morgan fingerprint density at radius 2 is 1.78 bits per heavy atom. The molecule has 3 aromatic rings. The number of carbonyl (C=O) groups is 1. The first-order valence-corrected chi connectivity index (χ1v) is 11.8. The third-order valence-corrected chi connectivity index (χ3v) is 6.46. The summed E-state index contributed by atoms with van der Waals surface area (Å²) in [6.45, 7) is 10.1. The second-order valence-electron chi connectivity index (χ2n) is 8.88. The van der Waals surface area contributed by atoms with Gasteiger partial charge in [0.15, 0.2) is 0 Å². The van der Waals surface area contributed by atoms with Crippen LogP contribution in [0, 0.1) is 0 Å². The number of aliphatic hydroxyl groups excluding tert-OH is 1. The molecule has 170 valence electrons. The molecule has 1 aromatic heterocycles. The maximum atomic E-state index is 12.5. The van der Waals surface area contributed by atoms with Gasteiger partial charge in [0.2, 0.25) is 5.91 Å². The second-order valence-corrected chi connectivity index (χ2v) is 9.94. The highest BCUT2D eigenvalue weighted by Gasteiger charge is 2.28. The molecule has 0 bridgehead atoms. The zero-order valence-electron chi connectivity index (χ0n) is 19.3. The highest BCUT2D eigenvalue weighted by Crippen LogP contribution is 2.49. The molecule has 32 heavy (non-hydrogen) atoms. The van der Waals surface area contributed by atoms with E-state index in [0.717, 1.165) is 27.4 Å². The van der Waals surface area contributed by atoms with Crippen LogP contribution >= 0.6 is 11.3 Å². The van der Waals surface area contributed by atoms with Crippen molar-refractivity contribution in [3.8, 4) is 21.6 Å². The van der Waals surface area contributed by atoms with Gasteiger partial charge in [0.05, 0.1) is 18.2 Å². The summed E-state index contributed by atoms with van der Waals surface area (Å²) < 4.78 is 0. The maximum absolute atomic E-state index is 12.5. The molecule has 5 nitrogen and oxygen atoms in total. The molecule has 0 radical (unpaired) electrons. The van der Waals surface area contributed by atoms with E-state index in [1.165, 1.54) is 10.4 Å². The summed E-state index contributed by atoms with van der Waals surface area (Å²) in [5.41, 5.74) is 11.6. The molecular weight excluding hydrogens is 418 g/mol. The van der Waals surface area contributed by atoms with Gasteiger partial charge in [0, 0.05) is 22.7 Å². The summed E-state index contributed by atoms with van der Waals surface area (Å²) in [5, 5.41) is 12.9. The lowest BCUT2D eigenvalue weighted by Gasteiger charge is -2.23. The molecule has 0 fully saturated rings. The normalized spacial score (nSPS) is 11.7. The molecule has 1 amide bonds. The number of hydrogen-bond donors (Lipinski definition) is 3. The van der Waals surface area contributed by atoms with E-state index in [2.05, 4.69) is 38.2 Å². The van der Waals surface area contributed by atoms with Crippen LogP contribution in [0.2, 0.25) is 0 Å². The molecule has 0 aliphatic rings. The highest BCUT2D eigenvalue weighted by atomic mass is 32.1. The Kier molecular flexibility index (Phi) is 7.72. The van der Waals surface area contributed by atoms with Gasteiger partial charge in [0.25, 0.3) is 0 Å². The van der Waals surface area contributed by atoms with Crippen LogP contribution in [0.4, 0.5) is 10.7 Å². The number of rotatable bonds is 8. The Morgan fingerprint density at radius 1 is 1.09 bits per heavy atom. The van der Waals surface area contributed by atoms with E-state index in [0.29, 0.717) is 13.1 Å². The van der Waals surface area contributed by atoms with E-state index in [-0.39, 0.29) is 24.5 Å². The average molecular weight is 452 g/mol.